The van der Waals surface area contributed by atoms with Crippen LogP contribution < -0.4 is 20.9 Å². The molecule has 11 heteroatoms. The van der Waals surface area contributed by atoms with Crippen LogP contribution in [0.15, 0.2) is 41.0 Å². The van der Waals surface area contributed by atoms with Gasteiger partial charge in [-0.2, -0.15) is 0 Å². The molecule has 1 aliphatic heterocycles. The Morgan fingerprint density at radius 2 is 2.00 bits per heavy atom. The fourth-order valence-electron chi connectivity index (χ4n) is 3.95. The largest absolute Gasteiger partial charge is 0.505 e. The second kappa shape index (κ2) is 9.42. The van der Waals surface area contributed by atoms with Crippen molar-refractivity contribution in [1.82, 2.24) is 20.2 Å². The van der Waals surface area contributed by atoms with Crippen LogP contribution in [0.4, 0.5) is 4.39 Å². The Hall–Kier alpha value is -4.25. The number of halogens is 1. The highest BCUT2D eigenvalue weighted by atomic mass is 19.1. The summed E-state index contributed by atoms with van der Waals surface area (Å²) in [6.45, 7) is 0.332. The average molecular weight is 494 g/mol. The molecule has 0 bridgehead atoms. The lowest BCUT2D eigenvalue weighted by Gasteiger charge is -2.23. The summed E-state index contributed by atoms with van der Waals surface area (Å²) in [6, 6.07) is 5.88. The van der Waals surface area contributed by atoms with E-state index in [1.807, 2.05) is 0 Å². The van der Waals surface area contributed by atoms with E-state index in [-0.39, 0.29) is 54.0 Å². The molecule has 3 heterocycles. The van der Waals surface area contributed by atoms with E-state index in [9.17, 15) is 23.9 Å². The van der Waals surface area contributed by atoms with Gasteiger partial charge in [0.1, 0.15) is 22.4 Å². The monoisotopic (exact) mass is 494 g/mol. The van der Waals surface area contributed by atoms with Gasteiger partial charge in [0.2, 0.25) is 5.76 Å². The number of aromatic hydroxyl groups is 1. The molecule has 3 N–H and O–H groups in total. The third kappa shape index (κ3) is 4.40. The number of nitrogens with zero attached hydrogens (tertiary/aromatic N) is 2. The minimum atomic E-state index is -0.836. The standard InChI is InChI=1S/C25H23FN4O6/c1-35-9-8-27-24(33)18-21(31)19-20-22(14(11-28-19)10-13-2-4-15(26)5-3-13)36-17(12-30(20)25(18)34)23(32)29-16-6-7-16/h2-5,11-12,16,31H,6-10H2,1H3,(H,27,33)(H,29,32). The summed E-state index contributed by atoms with van der Waals surface area (Å²) in [7, 11) is 1.46. The molecular weight excluding hydrogens is 471 g/mol. The molecule has 10 nitrogen and oxygen atoms in total. The lowest BCUT2D eigenvalue weighted by Crippen LogP contribution is -2.36. The van der Waals surface area contributed by atoms with Gasteiger partial charge in [0.25, 0.3) is 17.4 Å². The molecular formula is C25H23FN4O6. The summed E-state index contributed by atoms with van der Waals surface area (Å²) in [4.78, 5) is 43.3. The maximum atomic E-state index is 13.4. The van der Waals surface area contributed by atoms with Crippen LogP contribution in [0.1, 0.15) is 34.3 Å². The number of carbonyl (C=O) groups excluding carboxylic acids is 2. The lowest BCUT2D eigenvalue weighted by atomic mass is 10.0. The Morgan fingerprint density at radius 1 is 1.25 bits per heavy atom. The van der Waals surface area contributed by atoms with Crippen molar-refractivity contribution in [2.24, 2.45) is 0 Å². The van der Waals surface area contributed by atoms with Gasteiger partial charge in [-0.1, -0.05) is 12.1 Å². The predicted molar refractivity (Wildman–Crippen MR) is 127 cm³/mol. The Bertz CT molecular complexity index is 1460. The van der Waals surface area contributed by atoms with Crippen LogP contribution in [0.25, 0.3) is 17.2 Å². The minimum absolute atomic E-state index is 0.0396. The van der Waals surface area contributed by atoms with Crippen LogP contribution in [0, 0.1) is 5.82 Å². The van der Waals surface area contributed by atoms with Gasteiger partial charge in [0.15, 0.2) is 11.5 Å². The van der Waals surface area contributed by atoms with Gasteiger partial charge in [0.05, 0.1) is 12.8 Å². The molecule has 0 saturated heterocycles. The Kier molecular flexibility index (Phi) is 6.15. The molecule has 0 unspecified atom stereocenters. The predicted octanol–water partition coefficient (Wildman–Crippen LogP) is 1.68. The first kappa shape index (κ1) is 23.5. The number of rotatable bonds is 8. The van der Waals surface area contributed by atoms with Gasteiger partial charge < -0.3 is 25.2 Å². The van der Waals surface area contributed by atoms with Crippen LogP contribution in [-0.4, -0.2) is 52.8 Å². The molecule has 36 heavy (non-hydrogen) atoms. The van der Waals surface area contributed by atoms with Gasteiger partial charge in [-0.3, -0.25) is 23.9 Å². The van der Waals surface area contributed by atoms with Crippen LogP contribution in [-0.2, 0) is 16.0 Å². The molecule has 2 aliphatic rings. The minimum Gasteiger partial charge on any atom is -0.505 e. The number of hydrogen-bond donors (Lipinski definition) is 3. The summed E-state index contributed by atoms with van der Waals surface area (Å²) in [5, 5.41) is 16.2. The van der Waals surface area contributed by atoms with E-state index in [0.29, 0.717) is 5.56 Å². The summed E-state index contributed by atoms with van der Waals surface area (Å²) in [5.74, 6) is -2.29. The Balaban J connectivity index is 1.65. The first-order valence-corrected chi connectivity index (χ1v) is 11.4. The quantitative estimate of drug-likeness (QED) is 0.406. The van der Waals surface area contributed by atoms with Gasteiger partial charge in [0, 0.05) is 37.9 Å². The lowest BCUT2D eigenvalue weighted by molar-refractivity contribution is -0.119. The van der Waals surface area contributed by atoms with Crippen LogP contribution in [0.2, 0.25) is 0 Å². The zero-order valence-electron chi connectivity index (χ0n) is 19.3. The van der Waals surface area contributed by atoms with Crippen molar-refractivity contribution in [3.05, 3.63) is 69.1 Å². The fourth-order valence-corrected chi connectivity index (χ4v) is 3.95. The number of aromatic nitrogens is 2. The second-order valence-electron chi connectivity index (χ2n) is 8.60. The molecule has 0 radical (unpaired) electrons. The number of carbonyl (C=O) groups is 2. The van der Waals surface area contributed by atoms with Crippen molar-refractivity contribution in [2.45, 2.75) is 25.3 Å². The number of pyridine rings is 2. The SMILES string of the molecule is COCCNC(=O)c1c(O)c2ncc(Cc3ccc(F)cc3)c3c2n(c1=O)C=C(C(=O)NC1CC1)O3. The third-order valence-corrected chi connectivity index (χ3v) is 5.94. The van der Waals surface area contributed by atoms with Crippen molar-refractivity contribution in [3.8, 4) is 11.5 Å². The van der Waals surface area contributed by atoms with Crippen molar-refractivity contribution < 1.29 is 28.6 Å². The molecule has 5 rings (SSSR count). The number of nitrogens with one attached hydrogen (secondary N) is 2. The maximum Gasteiger partial charge on any atom is 0.288 e. The van der Waals surface area contributed by atoms with Crippen LogP contribution in [0.3, 0.4) is 0 Å². The number of amides is 2. The second-order valence-corrected chi connectivity index (χ2v) is 8.60. The van der Waals surface area contributed by atoms with E-state index >= 15 is 0 Å². The molecule has 1 aliphatic carbocycles. The van der Waals surface area contributed by atoms with E-state index in [1.54, 1.807) is 12.1 Å². The molecule has 2 aromatic heterocycles. The first-order valence-electron chi connectivity index (χ1n) is 11.4. The average Bonchev–Trinajstić information content (AvgIpc) is 3.68. The van der Waals surface area contributed by atoms with E-state index in [2.05, 4.69) is 15.6 Å². The fraction of sp³-hybridized carbons (Fsp3) is 0.280. The number of benzene rings is 1. The van der Waals surface area contributed by atoms with E-state index < -0.39 is 28.7 Å². The zero-order chi connectivity index (χ0) is 25.4. The highest BCUT2D eigenvalue weighted by Gasteiger charge is 2.32. The molecule has 0 atom stereocenters. The molecule has 1 saturated carbocycles. The highest BCUT2D eigenvalue weighted by Crippen LogP contribution is 2.38. The van der Waals surface area contributed by atoms with Crippen molar-refractivity contribution in [2.75, 3.05) is 20.3 Å². The van der Waals surface area contributed by atoms with Crippen molar-refractivity contribution >= 4 is 29.0 Å². The van der Waals surface area contributed by atoms with Gasteiger partial charge in [-0.25, -0.2) is 4.39 Å². The Morgan fingerprint density at radius 3 is 2.69 bits per heavy atom. The first-order chi connectivity index (χ1) is 17.4. The summed E-state index contributed by atoms with van der Waals surface area (Å²) >= 11 is 0. The number of ether oxygens (including phenoxy) is 2. The molecule has 2 amide bonds. The van der Waals surface area contributed by atoms with Gasteiger partial charge in [-0.15, -0.1) is 0 Å². The molecule has 1 aromatic carbocycles. The number of methoxy groups -OCH3 is 1. The van der Waals surface area contributed by atoms with Gasteiger partial charge in [-0.05, 0) is 30.5 Å². The molecule has 0 spiro atoms. The third-order valence-electron chi connectivity index (χ3n) is 5.94. The molecule has 1 fully saturated rings. The summed E-state index contributed by atoms with van der Waals surface area (Å²) < 4.78 is 25.4. The summed E-state index contributed by atoms with van der Waals surface area (Å²) in [6.07, 6.45) is 4.59. The van der Waals surface area contributed by atoms with Gasteiger partial charge >= 0.3 is 0 Å². The van der Waals surface area contributed by atoms with E-state index in [4.69, 9.17) is 9.47 Å². The normalized spacial score (nSPS) is 14.2. The van der Waals surface area contributed by atoms with E-state index in [1.165, 1.54) is 31.6 Å². The summed E-state index contributed by atoms with van der Waals surface area (Å²) in [5.41, 5.74) is -0.0249. The van der Waals surface area contributed by atoms with Crippen molar-refractivity contribution in [1.29, 1.82) is 0 Å². The molecule has 3 aromatic rings. The number of hydrogen-bond acceptors (Lipinski definition) is 7. The zero-order valence-corrected chi connectivity index (χ0v) is 19.3. The topological polar surface area (TPSA) is 132 Å². The smallest absolute Gasteiger partial charge is 0.288 e. The van der Waals surface area contributed by atoms with Crippen molar-refractivity contribution in [3.63, 3.8) is 0 Å². The van der Waals surface area contributed by atoms with Crippen LogP contribution >= 0.6 is 0 Å². The maximum absolute atomic E-state index is 13.4. The highest BCUT2D eigenvalue weighted by molar-refractivity contribution is 6.04. The van der Waals surface area contributed by atoms with Crippen LogP contribution in [0.5, 0.6) is 11.5 Å². The Labute approximate surface area is 204 Å². The molecule has 186 valence electrons. The van der Waals surface area contributed by atoms with E-state index in [0.717, 1.165) is 23.0 Å².